The van der Waals surface area contributed by atoms with Crippen molar-refractivity contribution in [3.8, 4) is 22.4 Å². The van der Waals surface area contributed by atoms with E-state index in [1.807, 2.05) is 49.4 Å². The molecule has 2 aromatic carbocycles. The number of amides is 3. The number of hydrogen-bond donors (Lipinski definition) is 1. The number of nitrogens with zero attached hydrogens (tertiary/aromatic N) is 2. The second-order valence-electron chi connectivity index (χ2n) is 8.03. The lowest BCUT2D eigenvalue weighted by molar-refractivity contribution is -0.197. The van der Waals surface area contributed by atoms with Crippen LogP contribution in [0.1, 0.15) is 42.3 Å². The summed E-state index contributed by atoms with van der Waals surface area (Å²) in [5.74, 6) is -1.58. The van der Waals surface area contributed by atoms with E-state index in [0.717, 1.165) is 22.4 Å². The van der Waals surface area contributed by atoms with Crippen molar-refractivity contribution in [2.45, 2.75) is 39.2 Å². The number of rotatable bonds is 7. The van der Waals surface area contributed by atoms with E-state index in [9.17, 15) is 19.2 Å². The van der Waals surface area contributed by atoms with Gasteiger partial charge in [-0.3, -0.25) is 14.4 Å². The van der Waals surface area contributed by atoms with Gasteiger partial charge < -0.3 is 14.7 Å². The third-order valence-electron chi connectivity index (χ3n) is 5.39. The minimum absolute atomic E-state index is 0.0235. The van der Waals surface area contributed by atoms with Gasteiger partial charge in [0.05, 0.1) is 12.0 Å². The maximum atomic E-state index is 12.6. The summed E-state index contributed by atoms with van der Waals surface area (Å²) in [6.45, 7) is 3.47. The van der Waals surface area contributed by atoms with Crippen molar-refractivity contribution >= 4 is 23.7 Å². The van der Waals surface area contributed by atoms with Gasteiger partial charge in [-0.1, -0.05) is 47.6 Å². The second kappa shape index (κ2) is 9.70. The van der Waals surface area contributed by atoms with Crippen molar-refractivity contribution in [1.29, 1.82) is 0 Å². The first-order valence-corrected chi connectivity index (χ1v) is 10.8. The lowest BCUT2D eigenvalue weighted by Crippen LogP contribution is -2.37. The molecule has 2 heterocycles. The van der Waals surface area contributed by atoms with Gasteiger partial charge in [-0.2, -0.15) is 0 Å². The van der Waals surface area contributed by atoms with Crippen molar-refractivity contribution in [2.24, 2.45) is 0 Å². The molecule has 1 aromatic heterocycles. The average Bonchev–Trinajstić information content (AvgIpc) is 3.36. The Balaban J connectivity index is 1.39. The van der Waals surface area contributed by atoms with Gasteiger partial charge in [-0.15, -0.1) is 5.06 Å². The number of hydrogen-bond acceptors (Lipinski definition) is 7. The quantitative estimate of drug-likeness (QED) is 0.536. The Morgan fingerprint density at radius 3 is 2.32 bits per heavy atom. The zero-order valence-corrected chi connectivity index (χ0v) is 18.7. The van der Waals surface area contributed by atoms with Gasteiger partial charge in [-0.05, 0) is 31.5 Å². The number of aryl methyl sites for hydroxylation is 1. The molecule has 174 valence electrons. The van der Waals surface area contributed by atoms with Crippen LogP contribution >= 0.6 is 0 Å². The summed E-state index contributed by atoms with van der Waals surface area (Å²) in [5, 5.41) is 7.40. The van der Waals surface area contributed by atoms with E-state index in [4.69, 9.17) is 9.36 Å². The van der Waals surface area contributed by atoms with Gasteiger partial charge >= 0.3 is 5.97 Å². The molecule has 1 N–H and O–H groups in total. The van der Waals surface area contributed by atoms with Crippen LogP contribution in [-0.4, -0.2) is 40.0 Å². The van der Waals surface area contributed by atoms with Crippen LogP contribution in [0.25, 0.3) is 22.4 Å². The van der Waals surface area contributed by atoms with Crippen LogP contribution in [0.5, 0.6) is 0 Å². The minimum Gasteiger partial charge on any atom is -0.360 e. The summed E-state index contributed by atoms with van der Waals surface area (Å²) in [5.41, 5.74) is 3.75. The first-order chi connectivity index (χ1) is 16.3. The molecule has 0 saturated carbocycles. The van der Waals surface area contributed by atoms with Gasteiger partial charge in [0.25, 0.3) is 17.7 Å². The Morgan fingerprint density at radius 1 is 1.03 bits per heavy atom. The fourth-order valence-electron chi connectivity index (χ4n) is 3.70. The Labute approximate surface area is 195 Å². The highest BCUT2D eigenvalue weighted by Gasteiger charge is 2.33. The maximum Gasteiger partial charge on any atom is 0.335 e. The number of carbonyl (C=O) groups is 4. The van der Waals surface area contributed by atoms with Crippen LogP contribution in [0.15, 0.2) is 59.1 Å². The van der Waals surface area contributed by atoms with Crippen molar-refractivity contribution in [2.75, 3.05) is 0 Å². The predicted octanol–water partition coefficient (Wildman–Crippen LogP) is 3.43. The molecule has 34 heavy (non-hydrogen) atoms. The Hall–Kier alpha value is -4.27. The van der Waals surface area contributed by atoms with Crippen LogP contribution in [0, 0.1) is 6.92 Å². The van der Waals surface area contributed by atoms with Crippen LogP contribution in [0.3, 0.4) is 0 Å². The SMILES string of the molecule is Cc1onc(-c2ccccc2)c1-c1ccc(C(=O)N[C@@H](C)CC(=O)ON2C(=O)CCC2=O)cc1. The van der Waals surface area contributed by atoms with E-state index in [-0.39, 0.29) is 25.2 Å². The molecule has 9 nitrogen and oxygen atoms in total. The second-order valence-corrected chi connectivity index (χ2v) is 8.03. The molecule has 4 rings (SSSR count). The topological polar surface area (TPSA) is 119 Å². The fourth-order valence-corrected chi connectivity index (χ4v) is 3.70. The van der Waals surface area contributed by atoms with Gasteiger partial charge in [0, 0.05) is 30.0 Å². The Kier molecular flexibility index (Phi) is 6.53. The number of imide groups is 1. The highest BCUT2D eigenvalue weighted by atomic mass is 16.7. The van der Waals surface area contributed by atoms with E-state index < -0.39 is 23.8 Å². The van der Waals surface area contributed by atoms with Crippen molar-refractivity contribution in [3.63, 3.8) is 0 Å². The molecule has 0 spiro atoms. The van der Waals surface area contributed by atoms with Crippen molar-refractivity contribution < 1.29 is 28.5 Å². The lowest BCUT2D eigenvalue weighted by atomic mass is 9.98. The normalized spacial score (nSPS) is 14.2. The average molecular weight is 461 g/mol. The third-order valence-corrected chi connectivity index (χ3v) is 5.39. The Bertz CT molecular complexity index is 1220. The molecule has 3 aromatic rings. The monoisotopic (exact) mass is 461 g/mol. The minimum atomic E-state index is -0.775. The van der Waals surface area contributed by atoms with Crippen LogP contribution in [0.2, 0.25) is 0 Å². The first-order valence-electron chi connectivity index (χ1n) is 10.8. The molecule has 1 aliphatic heterocycles. The van der Waals surface area contributed by atoms with Gasteiger partial charge in [0.2, 0.25) is 0 Å². The molecule has 1 aliphatic rings. The summed E-state index contributed by atoms with van der Waals surface area (Å²) >= 11 is 0. The summed E-state index contributed by atoms with van der Waals surface area (Å²) in [6.07, 6.45) is -0.146. The first kappa shape index (κ1) is 22.9. The van der Waals surface area contributed by atoms with E-state index in [1.165, 1.54) is 0 Å². The summed E-state index contributed by atoms with van der Waals surface area (Å²) in [6, 6.07) is 16.1. The van der Waals surface area contributed by atoms with Crippen LogP contribution in [0.4, 0.5) is 0 Å². The van der Waals surface area contributed by atoms with E-state index in [2.05, 4.69) is 10.5 Å². The van der Waals surface area contributed by atoms with Crippen molar-refractivity contribution in [1.82, 2.24) is 15.5 Å². The molecule has 9 heteroatoms. The number of benzene rings is 2. The molecular formula is C25H23N3O6. The van der Waals surface area contributed by atoms with Gasteiger partial charge in [0.1, 0.15) is 11.5 Å². The van der Waals surface area contributed by atoms with Gasteiger partial charge in [0.15, 0.2) is 0 Å². The molecule has 0 bridgehead atoms. The zero-order valence-electron chi connectivity index (χ0n) is 18.7. The summed E-state index contributed by atoms with van der Waals surface area (Å²) < 4.78 is 5.41. The molecule has 1 atom stereocenters. The van der Waals surface area contributed by atoms with Crippen LogP contribution < -0.4 is 5.32 Å². The van der Waals surface area contributed by atoms with E-state index in [1.54, 1.807) is 19.1 Å². The zero-order chi connectivity index (χ0) is 24.2. The molecular weight excluding hydrogens is 438 g/mol. The van der Waals surface area contributed by atoms with Gasteiger partial charge in [-0.25, -0.2) is 4.79 Å². The standard InChI is InChI=1S/C25H23N3O6/c1-15(14-22(31)34-28-20(29)12-13-21(28)30)26-25(32)19-10-8-17(9-11-19)23-16(2)33-27-24(23)18-6-4-3-5-7-18/h3-11,15H,12-14H2,1-2H3,(H,26,32)/t15-/m0/s1. The van der Waals surface area contributed by atoms with Crippen molar-refractivity contribution in [3.05, 3.63) is 65.9 Å². The molecule has 0 unspecified atom stereocenters. The molecule has 3 amide bonds. The number of nitrogens with one attached hydrogen (secondary N) is 1. The lowest BCUT2D eigenvalue weighted by Gasteiger charge is -2.16. The summed E-state index contributed by atoms with van der Waals surface area (Å²) in [4.78, 5) is 52.6. The number of carbonyl (C=O) groups excluding carboxylic acids is 4. The highest BCUT2D eigenvalue weighted by molar-refractivity contribution is 6.01. The smallest absolute Gasteiger partial charge is 0.335 e. The fraction of sp³-hybridized carbons (Fsp3) is 0.240. The molecule has 0 radical (unpaired) electrons. The van der Waals surface area contributed by atoms with E-state index >= 15 is 0 Å². The Morgan fingerprint density at radius 2 is 1.68 bits per heavy atom. The number of aromatic nitrogens is 1. The molecule has 0 aliphatic carbocycles. The third kappa shape index (κ3) is 4.88. The number of hydroxylamine groups is 2. The predicted molar refractivity (Wildman–Crippen MR) is 121 cm³/mol. The maximum absolute atomic E-state index is 12.6. The largest absolute Gasteiger partial charge is 0.360 e. The van der Waals surface area contributed by atoms with Crippen LogP contribution in [-0.2, 0) is 19.2 Å². The highest BCUT2D eigenvalue weighted by Crippen LogP contribution is 2.34. The van der Waals surface area contributed by atoms with E-state index in [0.29, 0.717) is 16.4 Å². The molecule has 1 fully saturated rings. The molecule has 1 saturated heterocycles. The summed E-state index contributed by atoms with van der Waals surface area (Å²) in [7, 11) is 0.